The van der Waals surface area contributed by atoms with Crippen LogP contribution in [0.2, 0.25) is 0 Å². The predicted octanol–water partition coefficient (Wildman–Crippen LogP) is 1.14. The highest BCUT2D eigenvalue weighted by Crippen LogP contribution is 2.18. The minimum Gasteiger partial charge on any atom is -0.398 e. The van der Waals surface area contributed by atoms with Gasteiger partial charge in [-0.2, -0.15) is 0 Å². The molecule has 5 heteroatoms. The Kier molecular flexibility index (Phi) is 4.11. The number of aliphatic hydroxyl groups is 1. The summed E-state index contributed by atoms with van der Waals surface area (Å²) in [5.74, 6) is -0.276. The van der Waals surface area contributed by atoms with Gasteiger partial charge in [0.05, 0.1) is 12.2 Å². The van der Waals surface area contributed by atoms with Gasteiger partial charge in [-0.15, -0.1) is 0 Å². The molecule has 1 unspecified atom stereocenters. The molecular formula is C10H13BrN2O2. The number of rotatable bonds is 3. The van der Waals surface area contributed by atoms with Crippen LogP contribution in [0.4, 0.5) is 5.69 Å². The first-order valence-corrected chi connectivity index (χ1v) is 5.30. The van der Waals surface area contributed by atoms with Gasteiger partial charge in [0.15, 0.2) is 0 Å². The van der Waals surface area contributed by atoms with E-state index < -0.39 is 0 Å². The Bertz CT molecular complexity index is 368. The molecule has 0 saturated carbocycles. The summed E-state index contributed by atoms with van der Waals surface area (Å²) in [6, 6.07) is 4.77. The molecule has 1 rings (SSSR count). The molecule has 0 aliphatic heterocycles. The smallest absolute Gasteiger partial charge is 0.253 e. The van der Waals surface area contributed by atoms with E-state index in [0.717, 1.165) is 4.47 Å². The number of amides is 1. The number of hydrogen-bond acceptors (Lipinski definition) is 3. The third-order valence-corrected chi connectivity index (χ3v) is 2.40. The topological polar surface area (TPSA) is 75.3 Å². The number of carbonyl (C=O) groups is 1. The van der Waals surface area contributed by atoms with E-state index in [-0.39, 0.29) is 18.6 Å². The van der Waals surface area contributed by atoms with Crippen molar-refractivity contribution in [1.29, 1.82) is 0 Å². The van der Waals surface area contributed by atoms with Gasteiger partial charge in [-0.1, -0.05) is 15.9 Å². The Balaban J connectivity index is 2.82. The standard InChI is InChI=1S/C10H13BrN2O2/c1-6(5-14)13-10(15)8-3-2-7(11)4-9(8)12/h2-4,6,14H,5,12H2,1H3,(H,13,15). The highest BCUT2D eigenvalue weighted by Gasteiger charge is 2.11. The molecule has 1 amide bonds. The Morgan fingerprint density at radius 3 is 2.87 bits per heavy atom. The van der Waals surface area contributed by atoms with Crippen molar-refractivity contribution in [2.75, 3.05) is 12.3 Å². The van der Waals surface area contributed by atoms with Crippen molar-refractivity contribution >= 4 is 27.5 Å². The van der Waals surface area contributed by atoms with Gasteiger partial charge in [0.1, 0.15) is 0 Å². The van der Waals surface area contributed by atoms with Gasteiger partial charge in [0.25, 0.3) is 5.91 Å². The molecule has 0 fully saturated rings. The third-order valence-electron chi connectivity index (χ3n) is 1.91. The number of nitrogens with one attached hydrogen (secondary N) is 1. The SMILES string of the molecule is CC(CO)NC(=O)c1ccc(Br)cc1N. The van der Waals surface area contributed by atoms with Crippen LogP contribution in [0.1, 0.15) is 17.3 Å². The Hall–Kier alpha value is -1.07. The second kappa shape index (κ2) is 5.14. The molecule has 0 heterocycles. The Labute approximate surface area is 96.6 Å². The van der Waals surface area contributed by atoms with Crippen molar-refractivity contribution in [1.82, 2.24) is 5.32 Å². The number of benzene rings is 1. The van der Waals surface area contributed by atoms with Gasteiger partial charge in [-0.3, -0.25) is 4.79 Å². The van der Waals surface area contributed by atoms with Gasteiger partial charge in [-0.05, 0) is 25.1 Å². The predicted molar refractivity (Wildman–Crippen MR) is 62.6 cm³/mol. The lowest BCUT2D eigenvalue weighted by molar-refractivity contribution is 0.0923. The zero-order chi connectivity index (χ0) is 11.4. The van der Waals surface area contributed by atoms with Crippen LogP contribution in [0.15, 0.2) is 22.7 Å². The van der Waals surface area contributed by atoms with Crippen LogP contribution in [0.25, 0.3) is 0 Å². The Morgan fingerprint density at radius 2 is 2.33 bits per heavy atom. The maximum Gasteiger partial charge on any atom is 0.253 e. The fourth-order valence-electron chi connectivity index (χ4n) is 1.09. The van der Waals surface area contributed by atoms with E-state index in [0.29, 0.717) is 11.3 Å². The van der Waals surface area contributed by atoms with Crippen LogP contribution in [-0.4, -0.2) is 23.7 Å². The molecule has 0 bridgehead atoms. The highest BCUT2D eigenvalue weighted by molar-refractivity contribution is 9.10. The van der Waals surface area contributed by atoms with Crippen LogP contribution in [0.5, 0.6) is 0 Å². The zero-order valence-electron chi connectivity index (χ0n) is 8.33. The first-order chi connectivity index (χ1) is 7.04. The lowest BCUT2D eigenvalue weighted by Crippen LogP contribution is -2.35. The molecule has 4 nitrogen and oxygen atoms in total. The summed E-state index contributed by atoms with van der Waals surface area (Å²) in [5, 5.41) is 11.4. The average Bonchev–Trinajstić information content (AvgIpc) is 2.17. The number of hydrogen-bond donors (Lipinski definition) is 3. The van der Waals surface area contributed by atoms with E-state index in [1.807, 2.05) is 0 Å². The van der Waals surface area contributed by atoms with E-state index >= 15 is 0 Å². The van der Waals surface area contributed by atoms with Gasteiger partial charge in [-0.25, -0.2) is 0 Å². The van der Waals surface area contributed by atoms with Gasteiger partial charge in [0, 0.05) is 16.2 Å². The number of carbonyl (C=O) groups excluding carboxylic acids is 1. The second-order valence-electron chi connectivity index (χ2n) is 3.29. The molecule has 0 aliphatic carbocycles. The van der Waals surface area contributed by atoms with E-state index in [4.69, 9.17) is 10.8 Å². The molecule has 0 aromatic heterocycles. The largest absolute Gasteiger partial charge is 0.398 e. The summed E-state index contributed by atoms with van der Waals surface area (Å²) in [4.78, 5) is 11.6. The van der Waals surface area contributed by atoms with Crippen LogP contribution < -0.4 is 11.1 Å². The van der Waals surface area contributed by atoms with Crippen molar-refractivity contribution < 1.29 is 9.90 Å². The van der Waals surface area contributed by atoms with Gasteiger partial charge in [0.2, 0.25) is 0 Å². The summed E-state index contributed by atoms with van der Waals surface area (Å²) in [5.41, 5.74) is 6.51. The summed E-state index contributed by atoms with van der Waals surface area (Å²) in [7, 11) is 0. The molecule has 15 heavy (non-hydrogen) atoms. The van der Waals surface area contributed by atoms with Crippen molar-refractivity contribution in [3.8, 4) is 0 Å². The fraction of sp³-hybridized carbons (Fsp3) is 0.300. The first-order valence-electron chi connectivity index (χ1n) is 4.51. The van der Waals surface area contributed by atoms with Crippen molar-refractivity contribution in [3.05, 3.63) is 28.2 Å². The van der Waals surface area contributed by atoms with E-state index in [1.165, 1.54) is 0 Å². The van der Waals surface area contributed by atoms with Crippen molar-refractivity contribution in [2.45, 2.75) is 13.0 Å². The second-order valence-corrected chi connectivity index (χ2v) is 4.20. The Morgan fingerprint density at radius 1 is 1.67 bits per heavy atom. The molecule has 1 aromatic carbocycles. The van der Waals surface area contributed by atoms with Gasteiger partial charge < -0.3 is 16.2 Å². The fourth-order valence-corrected chi connectivity index (χ4v) is 1.47. The number of anilines is 1. The lowest BCUT2D eigenvalue weighted by atomic mass is 10.1. The third kappa shape index (κ3) is 3.21. The van der Waals surface area contributed by atoms with Gasteiger partial charge >= 0.3 is 0 Å². The monoisotopic (exact) mass is 272 g/mol. The summed E-state index contributed by atoms with van der Waals surface area (Å²) in [6.45, 7) is 1.62. The maximum atomic E-state index is 11.6. The summed E-state index contributed by atoms with van der Waals surface area (Å²) < 4.78 is 0.826. The minimum atomic E-state index is -0.277. The number of nitrogen functional groups attached to an aromatic ring is 1. The van der Waals surface area contributed by atoms with Crippen LogP contribution in [0, 0.1) is 0 Å². The van der Waals surface area contributed by atoms with Crippen LogP contribution in [-0.2, 0) is 0 Å². The quantitative estimate of drug-likeness (QED) is 0.723. The molecule has 0 radical (unpaired) electrons. The zero-order valence-corrected chi connectivity index (χ0v) is 9.91. The molecule has 1 atom stereocenters. The normalized spacial score (nSPS) is 12.2. The van der Waals surface area contributed by atoms with Crippen molar-refractivity contribution in [2.24, 2.45) is 0 Å². The molecule has 82 valence electrons. The lowest BCUT2D eigenvalue weighted by Gasteiger charge is -2.12. The highest BCUT2D eigenvalue weighted by atomic mass is 79.9. The average molecular weight is 273 g/mol. The number of halogens is 1. The molecule has 1 aromatic rings. The van der Waals surface area contributed by atoms with Crippen LogP contribution >= 0.6 is 15.9 Å². The summed E-state index contributed by atoms with van der Waals surface area (Å²) >= 11 is 3.26. The number of aliphatic hydroxyl groups excluding tert-OH is 1. The first kappa shape index (κ1) is 12.0. The maximum absolute atomic E-state index is 11.6. The summed E-state index contributed by atoms with van der Waals surface area (Å²) in [6.07, 6.45) is 0. The molecular weight excluding hydrogens is 260 g/mol. The van der Waals surface area contributed by atoms with E-state index in [1.54, 1.807) is 25.1 Å². The van der Waals surface area contributed by atoms with Crippen molar-refractivity contribution in [3.63, 3.8) is 0 Å². The molecule has 0 saturated heterocycles. The molecule has 0 aliphatic rings. The molecule has 0 spiro atoms. The number of nitrogens with two attached hydrogens (primary N) is 1. The van der Waals surface area contributed by atoms with E-state index in [2.05, 4.69) is 21.2 Å². The minimum absolute atomic E-state index is 0.0951. The molecule has 4 N–H and O–H groups in total. The van der Waals surface area contributed by atoms with Crippen LogP contribution in [0.3, 0.4) is 0 Å². The van der Waals surface area contributed by atoms with E-state index in [9.17, 15) is 4.79 Å².